The van der Waals surface area contributed by atoms with Crippen LogP contribution in [0.25, 0.3) is 23.0 Å². The van der Waals surface area contributed by atoms with Crippen molar-refractivity contribution in [3.05, 3.63) is 95.0 Å². The Hall–Kier alpha value is -3.97. The number of fused-ring (bicyclic) bond motifs is 1. The number of thioether (sulfide) groups is 1. The van der Waals surface area contributed by atoms with Crippen molar-refractivity contribution in [1.82, 2.24) is 19.0 Å². The molecule has 3 aliphatic rings. The van der Waals surface area contributed by atoms with Gasteiger partial charge >= 0.3 is 0 Å². The van der Waals surface area contributed by atoms with Crippen molar-refractivity contribution in [1.29, 1.82) is 0 Å². The third-order valence-corrected chi connectivity index (χ3v) is 11.5. The molecular formula is C34H32N4O5S3. The Bertz CT molecular complexity index is 1970. The van der Waals surface area contributed by atoms with Crippen LogP contribution in [0.15, 0.2) is 88.8 Å². The smallest absolute Gasteiger partial charge is 0.266 e. The Morgan fingerprint density at radius 3 is 2.52 bits per heavy atom. The lowest BCUT2D eigenvalue weighted by molar-refractivity contribution is -0.122. The summed E-state index contributed by atoms with van der Waals surface area (Å²) in [6, 6.07) is 22.1. The fraction of sp³-hybridized carbons (Fsp3) is 0.265. The zero-order chi connectivity index (χ0) is 32.0. The third kappa shape index (κ3) is 5.97. The van der Waals surface area contributed by atoms with Crippen molar-refractivity contribution >= 4 is 50.3 Å². The summed E-state index contributed by atoms with van der Waals surface area (Å²) in [5, 5.41) is 4.89. The molecule has 2 unspecified atom stereocenters. The maximum Gasteiger partial charge on any atom is 0.266 e. The number of amides is 1. The van der Waals surface area contributed by atoms with Crippen LogP contribution in [0.3, 0.4) is 0 Å². The molecule has 0 aliphatic carbocycles. The van der Waals surface area contributed by atoms with Gasteiger partial charge in [0.15, 0.2) is 11.5 Å². The Labute approximate surface area is 277 Å². The zero-order valence-corrected chi connectivity index (χ0v) is 27.8. The van der Waals surface area contributed by atoms with Crippen LogP contribution in [0.1, 0.15) is 31.4 Å². The minimum Gasteiger partial charge on any atom is -0.454 e. The van der Waals surface area contributed by atoms with Crippen LogP contribution < -0.4 is 9.47 Å². The highest BCUT2D eigenvalue weighted by Crippen LogP contribution is 2.38. The summed E-state index contributed by atoms with van der Waals surface area (Å²) in [5.74, 6) is 1.69. The molecule has 2 atom stereocenters. The summed E-state index contributed by atoms with van der Waals surface area (Å²) in [4.78, 5) is 15.9. The summed E-state index contributed by atoms with van der Waals surface area (Å²) < 4.78 is 42.3. The van der Waals surface area contributed by atoms with Crippen molar-refractivity contribution in [2.24, 2.45) is 11.8 Å². The first-order valence-electron chi connectivity index (χ1n) is 15.1. The highest BCUT2D eigenvalue weighted by Gasteiger charge is 2.34. The summed E-state index contributed by atoms with van der Waals surface area (Å²) >= 11 is 6.86. The van der Waals surface area contributed by atoms with Crippen molar-refractivity contribution in [3.8, 4) is 28.4 Å². The molecule has 7 rings (SSSR count). The van der Waals surface area contributed by atoms with Crippen LogP contribution >= 0.6 is 24.0 Å². The summed E-state index contributed by atoms with van der Waals surface area (Å²) in [6.07, 6.45) is 4.65. The molecule has 0 saturated carbocycles. The number of para-hydroxylation sites is 1. The molecule has 2 fully saturated rings. The number of ether oxygens (including phenoxy) is 2. The van der Waals surface area contributed by atoms with E-state index >= 15 is 0 Å². The van der Waals surface area contributed by atoms with Gasteiger partial charge in [0, 0.05) is 30.4 Å². The number of piperidine rings is 1. The van der Waals surface area contributed by atoms with Crippen molar-refractivity contribution < 1.29 is 22.7 Å². The van der Waals surface area contributed by atoms with E-state index in [0.717, 1.165) is 17.7 Å². The van der Waals surface area contributed by atoms with Gasteiger partial charge in [-0.2, -0.15) is 9.40 Å². The molecule has 9 nitrogen and oxygen atoms in total. The lowest BCUT2D eigenvalue weighted by Gasteiger charge is -2.34. The minimum atomic E-state index is -3.71. The molecule has 12 heteroatoms. The van der Waals surface area contributed by atoms with E-state index in [0.29, 0.717) is 69.0 Å². The molecule has 0 spiro atoms. The first kappa shape index (κ1) is 30.7. The van der Waals surface area contributed by atoms with Crippen molar-refractivity contribution in [2.75, 3.05) is 19.9 Å². The van der Waals surface area contributed by atoms with Gasteiger partial charge in [0.1, 0.15) is 10.0 Å². The van der Waals surface area contributed by atoms with E-state index in [2.05, 4.69) is 13.8 Å². The van der Waals surface area contributed by atoms with Gasteiger partial charge in [-0.25, -0.2) is 13.1 Å². The molecule has 2 saturated heterocycles. The van der Waals surface area contributed by atoms with Crippen molar-refractivity contribution in [3.63, 3.8) is 0 Å². The number of nitrogens with zero attached hydrogens (tertiary/aromatic N) is 4. The minimum absolute atomic E-state index is 0.174. The number of benzene rings is 3. The zero-order valence-electron chi connectivity index (χ0n) is 25.3. The Morgan fingerprint density at radius 2 is 1.74 bits per heavy atom. The topological polar surface area (TPSA) is 94.0 Å². The molecule has 4 aromatic rings. The molecule has 4 heterocycles. The average molecular weight is 673 g/mol. The Balaban J connectivity index is 1.23. The predicted molar refractivity (Wildman–Crippen MR) is 182 cm³/mol. The van der Waals surface area contributed by atoms with Crippen LogP contribution in [-0.2, 0) is 21.4 Å². The van der Waals surface area contributed by atoms with E-state index in [1.54, 1.807) is 38.2 Å². The van der Waals surface area contributed by atoms with Gasteiger partial charge in [-0.15, -0.1) is 0 Å². The van der Waals surface area contributed by atoms with Gasteiger partial charge in [-0.05, 0) is 66.3 Å². The third-order valence-electron chi connectivity index (χ3n) is 8.28. The number of sulfonamides is 1. The van der Waals surface area contributed by atoms with E-state index in [1.807, 2.05) is 60.8 Å². The maximum atomic E-state index is 13.8. The number of carbonyl (C=O) groups excluding carboxylic acids is 1. The molecule has 0 radical (unpaired) electrons. The monoisotopic (exact) mass is 672 g/mol. The fourth-order valence-corrected chi connectivity index (χ4v) is 9.16. The van der Waals surface area contributed by atoms with Gasteiger partial charge in [-0.3, -0.25) is 9.69 Å². The molecule has 1 amide bonds. The van der Waals surface area contributed by atoms with E-state index in [-0.39, 0.29) is 17.6 Å². The van der Waals surface area contributed by atoms with E-state index in [4.69, 9.17) is 26.8 Å². The van der Waals surface area contributed by atoms with Crippen LogP contribution in [0.4, 0.5) is 0 Å². The molecule has 236 valence electrons. The maximum absolute atomic E-state index is 13.8. The van der Waals surface area contributed by atoms with Crippen LogP contribution in [-0.4, -0.2) is 57.5 Å². The largest absolute Gasteiger partial charge is 0.454 e. The second-order valence-corrected chi connectivity index (χ2v) is 15.6. The lowest BCUT2D eigenvalue weighted by atomic mass is 9.94. The number of rotatable bonds is 7. The van der Waals surface area contributed by atoms with Crippen LogP contribution in [0.2, 0.25) is 0 Å². The molecular weight excluding hydrogens is 641 g/mol. The van der Waals surface area contributed by atoms with Gasteiger partial charge in [-0.1, -0.05) is 74.2 Å². The molecule has 0 N–H and O–H groups in total. The van der Waals surface area contributed by atoms with E-state index in [1.165, 1.54) is 11.8 Å². The van der Waals surface area contributed by atoms with Crippen LogP contribution in [0, 0.1) is 11.8 Å². The second kappa shape index (κ2) is 12.3. The Morgan fingerprint density at radius 1 is 0.978 bits per heavy atom. The van der Waals surface area contributed by atoms with Gasteiger partial charge in [0.2, 0.25) is 16.8 Å². The lowest BCUT2D eigenvalue weighted by Crippen LogP contribution is -2.42. The molecule has 46 heavy (non-hydrogen) atoms. The standard InChI is InChI=1S/C34H32N4O5S3/c1-22-13-23(2)18-36(17-22)46(40,41)28-10-6-7-25(15-28)32-26(20-38(35-32)27-8-4-3-5-9-27)16-31-33(39)37(34(44)45-31)19-24-11-12-29-30(14-24)43-21-42-29/h3-12,14-16,20,22-23H,13,17-19,21H2,1-2H3/b31-16-. The molecule has 1 aromatic heterocycles. The first-order valence-corrected chi connectivity index (χ1v) is 17.7. The van der Waals surface area contributed by atoms with Gasteiger partial charge < -0.3 is 9.47 Å². The highest BCUT2D eigenvalue weighted by atomic mass is 32.2. The Kier molecular flexibility index (Phi) is 8.22. The SMILES string of the molecule is CC1CC(C)CN(S(=O)(=O)c2cccc(-c3nn(-c4ccccc4)cc3/C=C3\SC(=S)N(Cc4ccc5c(c4)OCO5)C3=O)c2)C1. The molecule has 0 bridgehead atoms. The van der Waals surface area contributed by atoms with Gasteiger partial charge in [0.05, 0.1) is 22.0 Å². The molecule has 3 aliphatic heterocycles. The van der Waals surface area contributed by atoms with Crippen LogP contribution in [0.5, 0.6) is 11.5 Å². The first-order chi connectivity index (χ1) is 22.2. The quantitative estimate of drug-likeness (QED) is 0.166. The molecule has 3 aromatic carbocycles. The second-order valence-electron chi connectivity index (χ2n) is 12.0. The summed E-state index contributed by atoms with van der Waals surface area (Å²) in [7, 11) is -3.71. The average Bonchev–Trinajstić information content (AvgIpc) is 3.76. The number of carbonyl (C=O) groups is 1. The predicted octanol–water partition coefficient (Wildman–Crippen LogP) is 6.34. The summed E-state index contributed by atoms with van der Waals surface area (Å²) in [5.41, 5.74) is 3.56. The van der Waals surface area contributed by atoms with E-state index in [9.17, 15) is 13.2 Å². The number of hydrogen-bond donors (Lipinski definition) is 0. The number of hydrogen-bond acceptors (Lipinski definition) is 8. The summed E-state index contributed by atoms with van der Waals surface area (Å²) in [6.45, 7) is 5.65. The van der Waals surface area contributed by atoms with Gasteiger partial charge in [0.25, 0.3) is 5.91 Å². The normalized spacial score (nSPS) is 21.0. The number of thiocarbonyl (C=S) groups is 1. The fourth-order valence-electron chi connectivity index (χ4n) is 6.18. The van der Waals surface area contributed by atoms with E-state index < -0.39 is 10.0 Å². The number of aromatic nitrogens is 2. The highest BCUT2D eigenvalue weighted by molar-refractivity contribution is 8.26. The van der Waals surface area contributed by atoms with Crippen molar-refractivity contribution in [2.45, 2.75) is 31.7 Å².